The average Bonchev–Trinajstić information content (AvgIpc) is 3.67. The third-order valence-electron chi connectivity index (χ3n) is 10.4. The first kappa shape index (κ1) is 29.3. The summed E-state index contributed by atoms with van der Waals surface area (Å²) in [6.07, 6.45) is -3.63. The summed E-state index contributed by atoms with van der Waals surface area (Å²) < 4.78 is 68.6. The van der Waals surface area contributed by atoms with E-state index in [4.69, 9.17) is 18.7 Å². The second-order valence-corrected chi connectivity index (χ2v) is 13.1. The van der Waals surface area contributed by atoms with Gasteiger partial charge < -0.3 is 24.1 Å². The van der Waals surface area contributed by atoms with Gasteiger partial charge in [0.1, 0.15) is 24.5 Å². The number of carbonyl (C=O) groups excluding carboxylic acids is 2. The molecular weight excluding hydrogens is 625 g/mol. The van der Waals surface area contributed by atoms with Crippen LogP contribution in [-0.2, 0) is 37.0 Å². The fourth-order valence-corrected chi connectivity index (χ4v) is 7.99. The number of nitrogens with one attached hydrogen (secondary N) is 1. The van der Waals surface area contributed by atoms with Crippen molar-refractivity contribution in [1.82, 2.24) is 10.5 Å². The molecule has 5 aliphatic rings. The first-order valence-electron chi connectivity index (χ1n) is 16.1. The van der Waals surface area contributed by atoms with Crippen molar-refractivity contribution in [3.8, 4) is 11.6 Å². The Balaban J connectivity index is 1.12. The Labute approximate surface area is 272 Å². The summed E-state index contributed by atoms with van der Waals surface area (Å²) in [6, 6.07) is 19.5. The zero-order valence-corrected chi connectivity index (χ0v) is 25.6. The van der Waals surface area contributed by atoms with Crippen molar-refractivity contribution in [1.29, 1.82) is 0 Å². The average molecular weight is 655 g/mol. The summed E-state index contributed by atoms with van der Waals surface area (Å²) in [4.78, 5) is 28.7. The number of fused-ring (bicyclic) bond motifs is 3. The molecule has 1 aromatic heterocycles. The highest BCUT2D eigenvalue weighted by Gasteiger charge is 2.72. The van der Waals surface area contributed by atoms with Crippen molar-refractivity contribution in [2.24, 2.45) is 11.8 Å². The van der Waals surface area contributed by atoms with E-state index in [2.05, 4.69) is 10.5 Å². The maximum absolute atomic E-state index is 14.9. The summed E-state index contributed by atoms with van der Waals surface area (Å²) in [5, 5.41) is 7.14. The second-order valence-electron chi connectivity index (χ2n) is 13.1. The topological polar surface area (TPSA) is 103 Å². The highest BCUT2D eigenvalue weighted by Crippen LogP contribution is 2.63. The molecular formula is C37H29F3N2O6. The summed E-state index contributed by atoms with van der Waals surface area (Å²) in [5.74, 6) is -1.24. The van der Waals surface area contributed by atoms with E-state index in [1.807, 2.05) is 60.7 Å². The highest BCUT2D eigenvalue weighted by molar-refractivity contribution is 6.17. The van der Waals surface area contributed by atoms with Crippen LogP contribution >= 0.6 is 0 Å². The molecule has 3 heterocycles. The predicted molar refractivity (Wildman–Crippen MR) is 163 cm³/mol. The molecule has 2 saturated heterocycles. The van der Waals surface area contributed by atoms with Crippen LogP contribution in [0.4, 0.5) is 13.2 Å². The van der Waals surface area contributed by atoms with Gasteiger partial charge in [-0.05, 0) is 65.2 Å². The molecule has 2 aliphatic heterocycles. The van der Waals surface area contributed by atoms with Gasteiger partial charge in [0, 0.05) is 24.0 Å². The lowest BCUT2D eigenvalue weighted by atomic mass is 9.62. The number of epoxide rings is 1. The molecule has 3 aromatic carbocycles. The van der Waals surface area contributed by atoms with Gasteiger partial charge in [-0.15, -0.1) is 0 Å². The van der Waals surface area contributed by atoms with E-state index in [9.17, 15) is 22.8 Å². The minimum absolute atomic E-state index is 0.0319. The van der Waals surface area contributed by atoms with Gasteiger partial charge in [0.2, 0.25) is 11.4 Å². The van der Waals surface area contributed by atoms with E-state index in [0.29, 0.717) is 18.7 Å². The second kappa shape index (κ2) is 10.6. The van der Waals surface area contributed by atoms with Crippen molar-refractivity contribution in [2.45, 2.75) is 56.7 Å². The number of aromatic nitrogens is 1. The minimum Gasteiger partial charge on any atom is -0.488 e. The molecule has 0 saturated carbocycles. The van der Waals surface area contributed by atoms with E-state index in [1.54, 1.807) is 0 Å². The summed E-state index contributed by atoms with van der Waals surface area (Å²) >= 11 is 0. The lowest BCUT2D eigenvalue weighted by Crippen LogP contribution is -2.45. The lowest BCUT2D eigenvalue weighted by Gasteiger charge is -2.38. The number of hydrogen-bond donors (Lipinski definition) is 1. The Morgan fingerprint density at radius 1 is 0.938 bits per heavy atom. The Kier molecular flexibility index (Phi) is 6.43. The molecule has 4 atom stereocenters. The van der Waals surface area contributed by atoms with Crippen LogP contribution in [0.5, 0.6) is 11.6 Å². The van der Waals surface area contributed by atoms with Gasteiger partial charge in [-0.3, -0.25) is 9.59 Å². The third kappa shape index (κ3) is 4.36. The smallest absolute Gasteiger partial charge is 0.417 e. The monoisotopic (exact) mass is 654 g/mol. The van der Waals surface area contributed by atoms with Gasteiger partial charge >= 0.3 is 6.18 Å². The van der Waals surface area contributed by atoms with Crippen molar-refractivity contribution in [3.05, 3.63) is 123 Å². The van der Waals surface area contributed by atoms with E-state index in [-0.39, 0.29) is 77.7 Å². The first-order chi connectivity index (χ1) is 23.2. The predicted octanol–water partition coefficient (Wildman–Crippen LogP) is 6.72. The summed E-state index contributed by atoms with van der Waals surface area (Å²) in [7, 11) is 0. The van der Waals surface area contributed by atoms with Gasteiger partial charge in [0.15, 0.2) is 17.3 Å². The van der Waals surface area contributed by atoms with Crippen LogP contribution in [0, 0.1) is 11.8 Å². The Hall–Kier alpha value is -4.90. The number of hydrogen-bond acceptors (Lipinski definition) is 8. The molecule has 0 radical (unpaired) electrons. The zero-order chi connectivity index (χ0) is 32.8. The molecule has 3 aliphatic carbocycles. The van der Waals surface area contributed by atoms with Crippen LogP contribution < -0.4 is 14.8 Å². The summed E-state index contributed by atoms with van der Waals surface area (Å²) in [5.41, 5.74) is -0.102. The van der Waals surface area contributed by atoms with Crippen molar-refractivity contribution >= 4 is 11.6 Å². The Morgan fingerprint density at radius 3 is 2.27 bits per heavy atom. The molecule has 2 fully saturated rings. The SMILES string of the molecule is O=C1C2=C3O[C@]34C(=O)c3c(OCc5ccccc5)noc3C[C@@H]4CC2Cc2c1c(OCc1ccccc1)cc(C1CCN1)c2C(F)(F)F. The molecule has 8 nitrogen and oxygen atoms in total. The van der Waals surface area contributed by atoms with Crippen LogP contribution in [0.3, 0.4) is 0 Å². The maximum Gasteiger partial charge on any atom is 0.417 e. The number of ether oxygens (including phenoxy) is 3. The van der Waals surface area contributed by atoms with Gasteiger partial charge in [-0.25, -0.2) is 0 Å². The largest absolute Gasteiger partial charge is 0.488 e. The fourth-order valence-electron chi connectivity index (χ4n) is 7.99. The molecule has 11 heteroatoms. The lowest BCUT2D eigenvalue weighted by molar-refractivity contribution is -0.139. The number of alkyl halides is 3. The van der Waals surface area contributed by atoms with E-state index >= 15 is 0 Å². The van der Waals surface area contributed by atoms with Crippen molar-refractivity contribution in [3.63, 3.8) is 0 Å². The number of rotatable bonds is 7. The molecule has 2 unspecified atom stereocenters. The number of halogens is 3. The van der Waals surface area contributed by atoms with Gasteiger partial charge in [0.05, 0.1) is 11.1 Å². The molecule has 0 amide bonds. The molecule has 9 rings (SSSR count). The zero-order valence-electron chi connectivity index (χ0n) is 25.6. The Bertz CT molecular complexity index is 2020. The van der Waals surface area contributed by atoms with E-state index < -0.39 is 46.8 Å². The van der Waals surface area contributed by atoms with Crippen LogP contribution in [0.1, 0.15) is 73.2 Å². The standard InChI is InChI=1S/C37H29F3N2O6/c38-37(39,40)31-23(25-11-12-41-25)16-26(45-17-19-7-3-1-4-8-19)29-24(31)14-21-13-22-15-27-30(33(44)36(22)34(47-36)28(21)32(29)43)35(42-48-27)46-18-20-9-5-2-6-10-20/h1-10,16,21-22,25,41H,11-15,17-18H2/t21?,22-,25?,36+/m0/s1. The molecule has 1 N–H and O–H groups in total. The van der Waals surface area contributed by atoms with E-state index in [0.717, 1.165) is 11.1 Å². The quantitative estimate of drug-likeness (QED) is 0.219. The minimum atomic E-state index is -4.69. The number of carbonyl (C=O) groups is 2. The number of allylic oxidation sites excluding steroid dienone is 1. The summed E-state index contributed by atoms with van der Waals surface area (Å²) in [6.45, 7) is 0.845. The van der Waals surface area contributed by atoms with Crippen molar-refractivity contribution in [2.75, 3.05) is 6.54 Å². The molecule has 0 bridgehead atoms. The van der Waals surface area contributed by atoms with Gasteiger partial charge in [0.25, 0.3) is 5.88 Å². The van der Waals surface area contributed by atoms with E-state index in [1.165, 1.54) is 6.07 Å². The van der Waals surface area contributed by atoms with Crippen LogP contribution in [0.15, 0.2) is 82.6 Å². The number of nitrogens with zero attached hydrogens (tertiary/aromatic N) is 1. The number of ketones is 2. The normalized spacial score (nSPS) is 25.1. The maximum atomic E-state index is 14.9. The molecule has 244 valence electrons. The van der Waals surface area contributed by atoms with Gasteiger partial charge in [-0.2, -0.15) is 13.2 Å². The highest BCUT2D eigenvalue weighted by atomic mass is 19.4. The fraction of sp³-hybridized carbons (Fsp3) is 0.324. The molecule has 4 aromatic rings. The van der Waals surface area contributed by atoms with Crippen LogP contribution in [-0.4, -0.2) is 28.9 Å². The van der Waals surface area contributed by atoms with Crippen LogP contribution in [0.2, 0.25) is 0 Å². The van der Waals surface area contributed by atoms with Crippen molar-refractivity contribution < 1.29 is 41.5 Å². The molecule has 1 spiro atoms. The Morgan fingerprint density at radius 2 is 1.62 bits per heavy atom. The number of Topliss-reactive ketones (excluding diaryl/α,β-unsaturated/α-hetero) is 2. The molecule has 48 heavy (non-hydrogen) atoms. The van der Waals surface area contributed by atoms with Gasteiger partial charge in [-0.1, -0.05) is 60.7 Å². The van der Waals surface area contributed by atoms with Crippen LogP contribution in [0.25, 0.3) is 0 Å². The number of benzene rings is 3. The first-order valence-corrected chi connectivity index (χ1v) is 16.1. The third-order valence-corrected chi connectivity index (χ3v) is 10.4.